The minimum absolute atomic E-state index is 0.245. The third-order valence-electron chi connectivity index (χ3n) is 4.99. The van der Waals surface area contributed by atoms with Gasteiger partial charge < -0.3 is 10.2 Å². The van der Waals surface area contributed by atoms with Gasteiger partial charge in [0, 0.05) is 42.0 Å². The Labute approximate surface area is 167 Å². The van der Waals surface area contributed by atoms with E-state index < -0.39 is 0 Å². The van der Waals surface area contributed by atoms with Gasteiger partial charge in [-0.25, -0.2) is 9.86 Å². The molecule has 2 heterocycles. The summed E-state index contributed by atoms with van der Waals surface area (Å²) in [6.07, 6.45) is 2.90. The van der Waals surface area contributed by atoms with Crippen LogP contribution in [0.25, 0.3) is 0 Å². The number of hydroxylamine groups is 2. The molecule has 8 nitrogen and oxygen atoms in total. The fourth-order valence-electron chi connectivity index (χ4n) is 3.12. The second kappa shape index (κ2) is 7.81. The number of H-pyrrole nitrogens is 1. The van der Waals surface area contributed by atoms with Gasteiger partial charge >= 0.3 is 6.03 Å². The van der Waals surface area contributed by atoms with Crippen molar-refractivity contribution in [3.8, 4) is 0 Å². The van der Waals surface area contributed by atoms with Gasteiger partial charge in [0.05, 0.1) is 13.2 Å². The van der Waals surface area contributed by atoms with E-state index in [1.54, 1.807) is 36.2 Å². The summed E-state index contributed by atoms with van der Waals surface area (Å²) >= 11 is 5.97. The lowest BCUT2D eigenvalue weighted by Crippen LogP contribution is -2.39. The maximum atomic E-state index is 12.7. The Bertz CT molecular complexity index is 895. The first kappa shape index (κ1) is 18.8. The summed E-state index contributed by atoms with van der Waals surface area (Å²) in [7, 11) is 1.60. The highest BCUT2D eigenvalue weighted by Gasteiger charge is 2.30. The summed E-state index contributed by atoms with van der Waals surface area (Å²) < 4.78 is 0. The predicted octanol–water partition coefficient (Wildman–Crippen LogP) is 3.07. The Morgan fingerprint density at radius 1 is 1.43 bits per heavy atom. The molecule has 4 rings (SSSR count). The molecule has 0 spiro atoms. The minimum atomic E-state index is -0.310. The Balaban J connectivity index is 1.43. The fraction of sp³-hybridized carbons (Fsp3) is 0.421. The molecule has 1 saturated carbocycles. The van der Waals surface area contributed by atoms with Crippen LogP contribution in [0.1, 0.15) is 34.6 Å². The van der Waals surface area contributed by atoms with E-state index in [0.29, 0.717) is 48.4 Å². The molecule has 1 aromatic heterocycles. The third-order valence-corrected chi connectivity index (χ3v) is 5.22. The van der Waals surface area contributed by atoms with Crippen LogP contribution < -0.4 is 5.32 Å². The molecular weight excluding hydrogens is 382 g/mol. The standard InChI is InChI=1S/C19H22ClN5O3/c1-24(28-11-12-5-6-12)18(26)17-15-10-25(8-7-16(15)22-23-17)19(27)21-14-4-2-3-13(20)9-14/h2-4,9,12H,5-8,10-11H2,1H3,(H,21,27)(H,22,23). The number of benzene rings is 1. The number of carbonyl (C=O) groups excluding carboxylic acids is 2. The quantitative estimate of drug-likeness (QED) is 0.750. The van der Waals surface area contributed by atoms with Gasteiger partial charge in [0.15, 0.2) is 5.69 Å². The van der Waals surface area contributed by atoms with Crippen LogP contribution in [0.4, 0.5) is 10.5 Å². The molecule has 1 fully saturated rings. The number of carbonyl (C=O) groups is 2. The van der Waals surface area contributed by atoms with E-state index in [1.165, 1.54) is 5.06 Å². The van der Waals surface area contributed by atoms with E-state index in [-0.39, 0.29) is 11.9 Å². The summed E-state index contributed by atoms with van der Waals surface area (Å²) in [5.41, 5.74) is 2.54. The van der Waals surface area contributed by atoms with Crippen molar-refractivity contribution in [2.75, 3.05) is 25.5 Å². The second-order valence-electron chi connectivity index (χ2n) is 7.18. The number of hydrogen-bond donors (Lipinski definition) is 2. The molecule has 0 unspecified atom stereocenters. The molecule has 1 aromatic carbocycles. The molecule has 2 aliphatic rings. The van der Waals surface area contributed by atoms with Crippen molar-refractivity contribution < 1.29 is 14.4 Å². The van der Waals surface area contributed by atoms with Crippen LogP contribution in [0.2, 0.25) is 5.02 Å². The molecule has 28 heavy (non-hydrogen) atoms. The zero-order chi connectivity index (χ0) is 19.7. The topological polar surface area (TPSA) is 90.6 Å². The van der Waals surface area contributed by atoms with E-state index in [9.17, 15) is 9.59 Å². The van der Waals surface area contributed by atoms with Gasteiger partial charge in [-0.15, -0.1) is 0 Å². The van der Waals surface area contributed by atoms with Gasteiger partial charge in [-0.05, 0) is 37.0 Å². The van der Waals surface area contributed by atoms with Crippen LogP contribution in [0.3, 0.4) is 0 Å². The summed E-state index contributed by atoms with van der Waals surface area (Å²) in [5.74, 6) is 0.240. The number of aromatic amines is 1. The van der Waals surface area contributed by atoms with Crippen LogP contribution >= 0.6 is 11.6 Å². The van der Waals surface area contributed by atoms with E-state index in [2.05, 4.69) is 15.5 Å². The Morgan fingerprint density at radius 2 is 2.25 bits per heavy atom. The van der Waals surface area contributed by atoms with Gasteiger partial charge in [-0.3, -0.25) is 14.7 Å². The second-order valence-corrected chi connectivity index (χ2v) is 7.62. The van der Waals surface area contributed by atoms with Gasteiger partial charge in [0.2, 0.25) is 0 Å². The van der Waals surface area contributed by atoms with Crippen molar-refractivity contribution in [2.45, 2.75) is 25.8 Å². The van der Waals surface area contributed by atoms with Crippen molar-refractivity contribution in [3.05, 3.63) is 46.2 Å². The SMILES string of the molecule is CN(OCC1CC1)C(=O)c1n[nH]c2c1CN(C(=O)Nc1cccc(Cl)c1)CC2. The number of anilines is 1. The largest absolute Gasteiger partial charge is 0.322 e. The molecule has 9 heteroatoms. The number of halogens is 1. The summed E-state index contributed by atoms with van der Waals surface area (Å²) in [4.78, 5) is 32.5. The first-order valence-corrected chi connectivity index (χ1v) is 9.67. The van der Waals surface area contributed by atoms with Crippen LogP contribution in [-0.2, 0) is 17.8 Å². The van der Waals surface area contributed by atoms with Crippen LogP contribution in [-0.4, -0.2) is 52.3 Å². The lowest BCUT2D eigenvalue weighted by Gasteiger charge is -2.27. The maximum Gasteiger partial charge on any atom is 0.322 e. The zero-order valence-corrected chi connectivity index (χ0v) is 16.3. The number of fused-ring (bicyclic) bond motifs is 1. The summed E-state index contributed by atoms with van der Waals surface area (Å²) in [6, 6.07) is 6.74. The molecule has 0 saturated heterocycles. The number of rotatable bonds is 5. The first-order valence-electron chi connectivity index (χ1n) is 9.30. The molecule has 2 N–H and O–H groups in total. The summed E-state index contributed by atoms with van der Waals surface area (Å²) in [5, 5.41) is 11.7. The Kier molecular flexibility index (Phi) is 5.23. The normalized spacial score (nSPS) is 15.9. The number of aromatic nitrogens is 2. The smallest absolute Gasteiger partial charge is 0.320 e. The molecule has 1 aliphatic carbocycles. The van der Waals surface area contributed by atoms with Gasteiger partial charge in [-0.2, -0.15) is 5.10 Å². The zero-order valence-electron chi connectivity index (χ0n) is 15.6. The highest BCUT2D eigenvalue weighted by atomic mass is 35.5. The molecule has 3 amide bonds. The lowest BCUT2D eigenvalue weighted by molar-refractivity contribution is -0.110. The Morgan fingerprint density at radius 3 is 3.00 bits per heavy atom. The number of nitrogens with zero attached hydrogens (tertiary/aromatic N) is 3. The van der Waals surface area contributed by atoms with Crippen molar-refractivity contribution >= 4 is 29.2 Å². The predicted molar refractivity (Wildman–Crippen MR) is 104 cm³/mol. The molecular formula is C19H22ClN5O3. The number of amides is 3. The van der Waals surface area contributed by atoms with Crippen molar-refractivity contribution in [1.82, 2.24) is 20.2 Å². The molecule has 0 radical (unpaired) electrons. The highest BCUT2D eigenvalue weighted by Crippen LogP contribution is 2.29. The van der Waals surface area contributed by atoms with E-state index in [4.69, 9.17) is 16.4 Å². The first-order chi connectivity index (χ1) is 13.5. The van der Waals surface area contributed by atoms with Crippen LogP contribution in [0.5, 0.6) is 0 Å². The van der Waals surface area contributed by atoms with Crippen LogP contribution in [0.15, 0.2) is 24.3 Å². The molecule has 148 valence electrons. The van der Waals surface area contributed by atoms with E-state index in [0.717, 1.165) is 24.1 Å². The van der Waals surface area contributed by atoms with E-state index >= 15 is 0 Å². The van der Waals surface area contributed by atoms with Crippen LogP contribution in [0, 0.1) is 5.92 Å². The number of nitrogens with one attached hydrogen (secondary N) is 2. The van der Waals surface area contributed by atoms with Crippen molar-refractivity contribution in [1.29, 1.82) is 0 Å². The Hall–Kier alpha value is -2.58. The van der Waals surface area contributed by atoms with Gasteiger partial charge in [0.1, 0.15) is 0 Å². The molecule has 2 aromatic rings. The molecule has 0 bridgehead atoms. The molecule has 1 aliphatic heterocycles. The number of hydrogen-bond acceptors (Lipinski definition) is 4. The third kappa shape index (κ3) is 4.13. The minimum Gasteiger partial charge on any atom is -0.320 e. The van der Waals surface area contributed by atoms with Crippen molar-refractivity contribution in [2.24, 2.45) is 5.92 Å². The number of urea groups is 1. The molecule has 0 atom stereocenters. The van der Waals surface area contributed by atoms with E-state index in [1.807, 2.05) is 0 Å². The summed E-state index contributed by atoms with van der Waals surface area (Å²) in [6.45, 7) is 1.38. The average Bonchev–Trinajstić information content (AvgIpc) is 3.42. The highest BCUT2D eigenvalue weighted by molar-refractivity contribution is 6.30. The van der Waals surface area contributed by atoms with Gasteiger partial charge in [-0.1, -0.05) is 17.7 Å². The maximum absolute atomic E-state index is 12.7. The lowest BCUT2D eigenvalue weighted by atomic mass is 10.1. The van der Waals surface area contributed by atoms with Crippen molar-refractivity contribution in [3.63, 3.8) is 0 Å². The monoisotopic (exact) mass is 403 g/mol. The van der Waals surface area contributed by atoms with Gasteiger partial charge in [0.25, 0.3) is 5.91 Å². The fourth-order valence-corrected chi connectivity index (χ4v) is 3.31. The average molecular weight is 404 g/mol.